The van der Waals surface area contributed by atoms with Gasteiger partial charge in [-0.3, -0.25) is 4.79 Å². The smallest absolute Gasteiger partial charge is 0.246 e. The van der Waals surface area contributed by atoms with Gasteiger partial charge in [-0.05, 0) is 37.5 Å². The summed E-state index contributed by atoms with van der Waals surface area (Å²) in [6.45, 7) is 2.65. The Morgan fingerprint density at radius 2 is 2.21 bits per heavy atom. The van der Waals surface area contributed by atoms with Crippen molar-refractivity contribution >= 4 is 15.9 Å². The van der Waals surface area contributed by atoms with E-state index in [1.807, 2.05) is 0 Å². The third kappa shape index (κ3) is 4.46. The van der Waals surface area contributed by atoms with Crippen LogP contribution >= 0.6 is 0 Å². The van der Waals surface area contributed by atoms with Gasteiger partial charge in [0.2, 0.25) is 15.9 Å². The third-order valence-corrected chi connectivity index (χ3v) is 5.75. The van der Waals surface area contributed by atoms with Crippen molar-refractivity contribution in [3.63, 3.8) is 0 Å². The monoisotopic (exact) mass is 356 g/mol. The lowest BCUT2D eigenvalue weighted by atomic mass is 10.2. The number of sulfonamides is 1. The molecule has 1 aliphatic rings. The second-order valence-corrected chi connectivity index (χ2v) is 7.87. The number of benzene rings is 1. The average molecular weight is 356 g/mol. The molecule has 1 fully saturated rings. The van der Waals surface area contributed by atoms with Gasteiger partial charge >= 0.3 is 0 Å². The quantitative estimate of drug-likeness (QED) is 0.785. The van der Waals surface area contributed by atoms with Gasteiger partial charge < -0.3 is 14.8 Å². The number of amides is 1. The zero-order chi connectivity index (χ0) is 17.7. The molecule has 1 aromatic rings. The molecule has 134 valence electrons. The Kier molecular flexibility index (Phi) is 6.20. The van der Waals surface area contributed by atoms with E-state index in [2.05, 4.69) is 5.32 Å². The molecule has 1 saturated heterocycles. The van der Waals surface area contributed by atoms with Crippen LogP contribution in [0.5, 0.6) is 5.75 Å². The summed E-state index contributed by atoms with van der Waals surface area (Å²) in [5.41, 5.74) is 0.797. The van der Waals surface area contributed by atoms with E-state index >= 15 is 0 Å². The van der Waals surface area contributed by atoms with Crippen molar-refractivity contribution < 1.29 is 22.7 Å². The number of nitrogens with one attached hydrogen (secondary N) is 1. The molecule has 1 amide bonds. The van der Waals surface area contributed by atoms with Crippen LogP contribution in [0.4, 0.5) is 0 Å². The van der Waals surface area contributed by atoms with E-state index in [4.69, 9.17) is 9.47 Å². The maximum Gasteiger partial charge on any atom is 0.246 e. The van der Waals surface area contributed by atoms with Crippen LogP contribution in [0, 0.1) is 6.92 Å². The highest BCUT2D eigenvalue weighted by molar-refractivity contribution is 7.89. The Morgan fingerprint density at radius 3 is 2.83 bits per heavy atom. The number of carbonyl (C=O) groups is 1. The second kappa shape index (κ2) is 7.96. The van der Waals surface area contributed by atoms with Crippen molar-refractivity contribution in [1.29, 1.82) is 0 Å². The number of aryl methyl sites for hydroxylation is 1. The van der Waals surface area contributed by atoms with Crippen LogP contribution < -0.4 is 10.1 Å². The first-order chi connectivity index (χ1) is 11.3. The van der Waals surface area contributed by atoms with Crippen molar-refractivity contribution in [2.45, 2.75) is 30.8 Å². The maximum atomic E-state index is 12.7. The minimum atomic E-state index is -3.82. The molecule has 0 spiro atoms. The summed E-state index contributed by atoms with van der Waals surface area (Å²) in [4.78, 5) is 12.1. The topological polar surface area (TPSA) is 84.9 Å². The molecule has 24 heavy (non-hydrogen) atoms. The van der Waals surface area contributed by atoms with Crippen LogP contribution in [0.15, 0.2) is 23.1 Å². The Morgan fingerprint density at radius 1 is 1.46 bits per heavy atom. The first-order valence-electron chi connectivity index (χ1n) is 7.84. The molecule has 0 radical (unpaired) electrons. The van der Waals surface area contributed by atoms with Gasteiger partial charge in [-0.2, -0.15) is 4.31 Å². The fraction of sp³-hybridized carbons (Fsp3) is 0.562. The Bertz CT molecular complexity index is 684. The number of hydrogen-bond donors (Lipinski definition) is 1. The predicted octanol–water partition coefficient (Wildman–Crippen LogP) is 0.919. The summed E-state index contributed by atoms with van der Waals surface area (Å²) in [7, 11) is -1.03. The van der Waals surface area contributed by atoms with Crippen molar-refractivity contribution in [3.05, 3.63) is 23.8 Å². The Balaban J connectivity index is 2.03. The molecule has 1 atom stereocenters. The molecule has 0 bridgehead atoms. The molecule has 0 saturated carbocycles. The molecule has 0 aromatic heterocycles. The Hall–Kier alpha value is -1.64. The molecular weight excluding hydrogens is 332 g/mol. The number of rotatable bonds is 7. The fourth-order valence-electron chi connectivity index (χ4n) is 2.53. The number of likely N-dealkylation sites (N-methyl/N-ethyl adjacent to an activating group) is 1. The normalized spacial score (nSPS) is 17.9. The van der Waals surface area contributed by atoms with Crippen molar-refractivity contribution in [2.75, 3.05) is 33.9 Å². The number of methoxy groups -OCH3 is 1. The number of ether oxygens (including phenoxy) is 2. The highest BCUT2D eigenvalue weighted by Gasteiger charge is 2.27. The SMILES string of the molecule is COc1ccc(C)cc1S(=O)(=O)N(C)CC(=O)NC[C@@H]1CCCO1. The summed E-state index contributed by atoms with van der Waals surface area (Å²) in [5.74, 6) is -0.101. The molecule has 7 nitrogen and oxygen atoms in total. The number of nitrogens with zero attached hydrogens (tertiary/aromatic N) is 1. The summed E-state index contributed by atoms with van der Waals surface area (Å²) in [6.07, 6.45) is 1.92. The summed E-state index contributed by atoms with van der Waals surface area (Å²) >= 11 is 0. The van der Waals surface area contributed by atoms with Crippen LogP contribution in [0.1, 0.15) is 18.4 Å². The van der Waals surface area contributed by atoms with Crippen LogP contribution in [-0.2, 0) is 19.6 Å². The predicted molar refractivity (Wildman–Crippen MR) is 89.5 cm³/mol. The number of hydrogen-bond acceptors (Lipinski definition) is 5. The maximum absolute atomic E-state index is 12.7. The molecule has 0 aliphatic carbocycles. The van der Waals surface area contributed by atoms with E-state index in [0.717, 1.165) is 22.7 Å². The Labute approximate surface area is 143 Å². The van der Waals surface area contributed by atoms with Crippen molar-refractivity contribution in [1.82, 2.24) is 9.62 Å². The fourth-order valence-corrected chi connectivity index (χ4v) is 3.89. The number of carbonyl (C=O) groups excluding carboxylic acids is 1. The van der Waals surface area contributed by atoms with E-state index in [0.29, 0.717) is 13.2 Å². The first kappa shape index (κ1) is 18.7. The lowest BCUT2D eigenvalue weighted by Crippen LogP contribution is -2.40. The summed E-state index contributed by atoms with van der Waals surface area (Å²) in [5, 5.41) is 2.72. The molecule has 1 heterocycles. The van der Waals surface area contributed by atoms with Crippen LogP contribution in [-0.4, -0.2) is 58.6 Å². The molecule has 1 aromatic carbocycles. The lowest BCUT2D eigenvalue weighted by Gasteiger charge is -2.19. The van der Waals surface area contributed by atoms with Gasteiger partial charge in [0.15, 0.2) is 0 Å². The molecule has 0 unspecified atom stereocenters. The molecule has 8 heteroatoms. The third-order valence-electron chi connectivity index (χ3n) is 3.92. The van der Waals surface area contributed by atoms with Gasteiger partial charge in [0, 0.05) is 20.2 Å². The lowest BCUT2D eigenvalue weighted by molar-refractivity contribution is -0.121. The van der Waals surface area contributed by atoms with Crippen LogP contribution in [0.2, 0.25) is 0 Å². The van der Waals surface area contributed by atoms with Crippen LogP contribution in [0.25, 0.3) is 0 Å². The van der Waals surface area contributed by atoms with Gasteiger partial charge in [0.25, 0.3) is 0 Å². The van der Waals surface area contributed by atoms with E-state index in [-0.39, 0.29) is 29.2 Å². The van der Waals surface area contributed by atoms with Crippen molar-refractivity contribution in [3.8, 4) is 5.75 Å². The molecule has 1 aliphatic heterocycles. The zero-order valence-electron chi connectivity index (χ0n) is 14.2. The summed E-state index contributed by atoms with van der Waals surface area (Å²) < 4.78 is 37.0. The minimum Gasteiger partial charge on any atom is -0.495 e. The van der Waals surface area contributed by atoms with Gasteiger partial charge in [-0.25, -0.2) is 8.42 Å². The molecule has 2 rings (SSSR count). The van der Waals surface area contributed by atoms with E-state index < -0.39 is 10.0 Å². The summed E-state index contributed by atoms with van der Waals surface area (Å²) in [6, 6.07) is 4.91. The van der Waals surface area contributed by atoms with Crippen LogP contribution in [0.3, 0.4) is 0 Å². The molecular formula is C16H24N2O5S. The highest BCUT2D eigenvalue weighted by atomic mass is 32.2. The molecule has 1 N–H and O–H groups in total. The van der Waals surface area contributed by atoms with Gasteiger partial charge in [-0.1, -0.05) is 6.07 Å². The highest BCUT2D eigenvalue weighted by Crippen LogP contribution is 2.27. The van der Waals surface area contributed by atoms with Gasteiger partial charge in [0.1, 0.15) is 10.6 Å². The average Bonchev–Trinajstić information content (AvgIpc) is 3.06. The largest absolute Gasteiger partial charge is 0.495 e. The van der Waals surface area contributed by atoms with E-state index in [1.54, 1.807) is 19.1 Å². The van der Waals surface area contributed by atoms with Gasteiger partial charge in [0.05, 0.1) is 19.8 Å². The van der Waals surface area contributed by atoms with Crippen molar-refractivity contribution in [2.24, 2.45) is 0 Å². The second-order valence-electron chi connectivity index (χ2n) is 5.85. The zero-order valence-corrected chi connectivity index (χ0v) is 15.1. The van der Waals surface area contributed by atoms with Gasteiger partial charge in [-0.15, -0.1) is 0 Å². The minimum absolute atomic E-state index is 0.0210. The first-order valence-corrected chi connectivity index (χ1v) is 9.28. The van der Waals surface area contributed by atoms with E-state index in [1.165, 1.54) is 20.2 Å². The standard InChI is InChI=1S/C16H24N2O5S/c1-12-6-7-14(22-3)15(9-12)24(20,21)18(2)11-16(19)17-10-13-5-4-8-23-13/h6-7,9,13H,4-5,8,10-11H2,1-3H3,(H,17,19)/t13-/m0/s1. The van der Waals surface area contributed by atoms with E-state index in [9.17, 15) is 13.2 Å².